The van der Waals surface area contributed by atoms with Crippen LogP contribution in [0.5, 0.6) is 0 Å². The van der Waals surface area contributed by atoms with Crippen molar-refractivity contribution in [2.75, 3.05) is 10.6 Å². The Kier molecular flexibility index (Phi) is 4.05. The van der Waals surface area contributed by atoms with E-state index < -0.39 is 0 Å². The maximum atomic E-state index is 11.4. The lowest BCUT2D eigenvalue weighted by atomic mass is 10.2. The molecule has 0 aliphatic heterocycles. The molecule has 0 aliphatic rings. The molecule has 0 aliphatic carbocycles. The van der Waals surface area contributed by atoms with Crippen LogP contribution in [0.3, 0.4) is 0 Å². The summed E-state index contributed by atoms with van der Waals surface area (Å²) in [5.41, 5.74) is 1.45. The molecule has 0 bridgehead atoms. The van der Waals surface area contributed by atoms with Gasteiger partial charge < -0.3 is 10.6 Å². The maximum absolute atomic E-state index is 11.4. The molecule has 0 radical (unpaired) electrons. The molecule has 16 heavy (non-hydrogen) atoms. The molecule has 0 unspecified atom stereocenters. The van der Waals surface area contributed by atoms with Crippen LogP contribution in [0.2, 0.25) is 0 Å². The summed E-state index contributed by atoms with van der Waals surface area (Å²) in [6.07, 6.45) is 0. The Morgan fingerprint density at radius 2 is 1.44 bits per heavy atom. The number of carbonyl (C=O) groups excluding carboxylic acids is 2. The number of rotatable bonds is 3. The average Bonchev–Trinajstić information content (AvgIpc) is 2.20. The van der Waals surface area contributed by atoms with Gasteiger partial charge in [0, 0.05) is 24.2 Å². The summed E-state index contributed by atoms with van der Waals surface area (Å²) in [7, 11) is 0. The molecule has 0 saturated carbocycles. The van der Waals surface area contributed by atoms with Crippen LogP contribution < -0.4 is 10.6 Å². The van der Waals surface area contributed by atoms with Crippen LogP contribution in [0.15, 0.2) is 24.3 Å². The molecule has 1 aromatic carbocycles. The number of anilines is 2. The summed E-state index contributed by atoms with van der Waals surface area (Å²) >= 11 is 0. The van der Waals surface area contributed by atoms with Crippen LogP contribution in [0.1, 0.15) is 20.8 Å². The molecule has 1 aromatic rings. The van der Waals surface area contributed by atoms with Crippen molar-refractivity contribution in [2.24, 2.45) is 5.92 Å². The predicted molar refractivity (Wildman–Crippen MR) is 64.2 cm³/mol. The monoisotopic (exact) mass is 220 g/mol. The second kappa shape index (κ2) is 5.30. The Balaban J connectivity index is 2.64. The lowest BCUT2D eigenvalue weighted by molar-refractivity contribution is -0.119. The molecule has 2 amide bonds. The van der Waals surface area contributed by atoms with Crippen molar-refractivity contribution >= 4 is 23.2 Å². The molecule has 4 heteroatoms. The molecule has 0 saturated heterocycles. The molecule has 0 atom stereocenters. The second-order valence-corrected chi connectivity index (χ2v) is 3.90. The van der Waals surface area contributed by atoms with E-state index in [0.717, 1.165) is 11.4 Å². The summed E-state index contributed by atoms with van der Waals surface area (Å²) in [5.74, 6) is -0.179. The van der Waals surface area contributed by atoms with E-state index in [-0.39, 0.29) is 17.7 Å². The molecule has 0 fully saturated rings. The number of amides is 2. The lowest BCUT2D eigenvalue weighted by Gasteiger charge is -2.08. The number of nitrogens with one attached hydrogen (secondary N) is 2. The van der Waals surface area contributed by atoms with Gasteiger partial charge in [-0.25, -0.2) is 0 Å². The van der Waals surface area contributed by atoms with E-state index in [1.165, 1.54) is 6.92 Å². The van der Waals surface area contributed by atoms with Crippen LogP contribution in [0.25, 0.3) is 0 Å². The smallest absolute Gasteiger partial charge is 0.226 e. The zero-order valence-electron chi connectivity index (χ0n) is 9.70. The molecular formula is C12H16N2O2. The van der Waals surface area contributed by atoms with Crippen LogP contribution >= 0.6 is 0 Å². The second-order valence-electron chi connectivity index (χ2n) is 3.90. The van der Waals surface area contributed by atoms with Crippen LogP contribution in [-0.4, -0.2) is 11.8 Å². The number of benzene rings is 1. The highest BCUT2D eigenvalue weighted by atomic mass is 16.2. The van der Waals surface area contributed by atoms with Gasteiger partial charge >= 0.3 is 0 Å². The first-order valence-corrected chi connectivity index (χ1v) is 5.17. The molecule has 2 N–H and O–H groups in total. The molecule has 0 heterocycles. The van der Waals surface area contributed by atoms with Gasteiger partial charge in [-0.05, 0) is 24.3 Å². The minimum Gasteiger partial charge on any atom is -0.326 e. The Labute approximate surface area is 95.0 Å². The zero-order valence-corrected chi connectivity index (χ0v) is 9.70. The molecule has 0 aromatic heterocycles. The SMILES string of the molecule is CC(=O)Nc1ccc(NC(=O)C(C)C)cc1. The van der Waals surface area contributed by atoms with Crippen LogP contribution in [-0.2, 0) is 9.59 Å². The topological polar surface area (TPSA) is 58.2 Å². The first-order valence-electron chi connectivity index (χ1n) is 5.17. The minimum absolute atomic E-state index is 0.0210. The first-order chi connectivity index (χ1) is 7.49. The molecular weight excluding hydrogens is 204 g/mol. The van der Waals surface area contributed by atoms with Crippen LogP contribution in [0.4, 0.5) is 11.4 Å². The Morgan fingerprint density at radius 3 is 1.81 bits per heavy atom. The van der Waals surface area contributed by atoms with Crippen molar-refractivity contribution in [1.29, 1.82) is 0 Å². The van der Waals surface area contributed by atoms with E-state index in [9.17, 15) is 9.59 Å². The summed E-state index contributed by atoms with van der Waals surface area (Å²) in [6, 6.07) is 7.01. The number of hydrogen-bond donors (Lipinski definition) is 2. The maximum Gasteiger partial charge on any atom is 0.226 e. The third-order valence-corrected chi connectivity index (χ3v) is 2.00. The number of hydrogen-bond acceptors (Lipinski definition) is 2. The van der Waals surface area contributed by atoms with E-state index in [2.05, 4.69) is 10.6 Å². The van der Waals surface area contributed by atoms with Crippen molar-refractivity contribution in [3.8, 4) is 0 Å². The Bertz CT molecular complexity index is 383. The summed E-state index contributed by atoms with van der Waals surface area (Å²) in [6.45, 7) is 5.12. The first kappa shape index (κ1) is 12.2. The van der Waals surface area contributed by atoms with Gasteiger partial charge in [-0.2, -0.15) is 0 Å². The Morgan fingerprint density at radius 1 is 1.00 bits per heavy atom. The molecule has 1 rings (SSSR count). The third kappa shape index (κ3) is 3.73. The van der Waals surface area contributed by atoms with E-state index >= 15 is 0 Å². The highest BCUT2D eigenvalue weighted by Crippen LogP contribution is 2.14. The highest BCUT2D eigenvalue weighted by Gasteiger charge is 2.06. The van der Waals surface area contributed by atoms with Gasteiger partial charge in [-0.15, -0.1) is 0 Å². The molecule has 4 nitrogen and oxygen atoms in total. The quantitative estimate of drug-likeness (QED) is 0.820. The summed E-state index contributed by atoms with van der Waals surface area (Å²) in [5, 5.41) is 5.43. The van der Waals surface area contributed by atoms with Crippen LogP contribution in [0, 0.1) is 5.92 Å². The van der Waals surface area contributed by atoms with Gasteiger partial charge in [-0.3, -0.25) is 9.59 Å². The highest BCUT2D eigenvalue weighted by molar-refractivity contribution is 5.93. The van der Waals surface area contributed by atoms with Gasteiger partial charge in [-0.1, -0.05) is 13.8 Å². The van der Waals surface area contributed by atoms with Gasteiger partial charge in [0.2, 0.25) is 11.8 Å². The fraction of sp³-hybridized carbons (Fsp3) is 0.333. The molecule has 86 valence electrons. The standard InChI is InChI=1S/C12H16N2O2/c1-8(2)12(16)14-11-6-4-10(5-7-11)13-9(3)15/h4-8H,1-3H3,(H,13,15)(H,14,16). The van der Waals surface area contributed by atoms with Crippen molar-refractivity contribution in [2.45, 2.75) is 20.8 Å². The van der Waals surface area contributed by atoms with Crippen molar-refractivity contribution in [1.82, 2.24) is 0 Å². The zero-order chi connectivity index (χ0) is 12.1. The fourth-order valence-electron chi connectivity index (χ4n) is 1.13. The van der Waals surface area contributed by atoms with E-state index in [0.29, 0.717) is 0 Å². The Hall–Kier alpha value is -1.84. The predicted octanol–water partition coefficient (Wildman–Crippen LogP) is 2.24. The number of carbonyl (C=O) groups is 2. The van der Waals surface area contributed by atoms with E-state index in [1.807, 2.05) is 13.8 Å². The van der Waals surface area contributed by atoms with Gasteiger partial charge in [0.25, 0.3) is 0 Å². The molecule has 0 spiro atoms. The summed E-state index contributed by atoms with van der Waals surface area (Å²) in [4.78, 5) is 22.2. The van der Waals surface area contributed by atoms with Gasteiger partial charge in [0.05, 0.1) is 0 Å². The third-order valence-electron chi connectivity index (χ3n) is 2.00. The van der Waals surface area contributed by atoms with Crippen molar-refractivity contribution in [3.05, 3.63) is 24.3 Å². The van der Waals surface area contributed by atoms with E-state index in [4.69, 9.17) is 0 Å². The largest absolute Gasteiger partial charge is 0.326 e. The van der Waals surface area contributed by atoms with Gasteiger partial charge in [0.1, 0.15) is 0 Å². The summed E-state index contributed by atoms with van der Waals surface area (Å²) < 4.78 is 0. The minimum atomic E-state index is -0.112. The average molecular weight is 220 g/mol. The van der Waals surface area contributed by atoms with Gasteiger partial charge in [0.15, 0.2) is 0 Å². The van der Waals surface area contributed by atoms with Crippen molar-refractivity contribution in [3.63, 3.8) is 0 Å². The van der Waals surface area contributed by atoms with Crippen molar-refractivity contribution < 1.29 is 9.59 Å². The fourth-order valence-corrected chi connectivity index (χ4v) is 1.13. The normalized spacial score (nSPS) is 10.0. The lowest BCUT2D eigenvalue weighted by Crippen LogP contribution is -2.17. The van der Waals surface area contributed by atoms with E-state index in [1.54, 1.807) is 24.3 Å².